The molecule has 1 aliphatic rings. The zero-order valence-corrected chi connectivity index (χ0v) is 14.3. The second kappa shape index (κ2) is 9.98. The molecule has 1 aliphatic heterocycles. The minimum atomic E-state index is -0.657. The molecule has 2 rings (SSSR count). The van der Waals surface area contributed by atoms with E-state index in [4.69, 9.17) is 9.47 Å². The molecule has 0 unspecified atom stereocenters. The van der Waals surface area contributed by atoms with Crippen LogP contribution in [-0.2, 0) is 19.1 Å². The lowest BCUT2D eigenvalue weighted by Gasteiger charge is -2.27. The van der Waals surface area contributed by atoms with Crippen molar-refractivity contribution in [1.82, 2.24) is 5.43 Å². The van der Waals surface area contributed by atoms with E-state index in [9.17, 15) is 9.59 Å². The average molecular weight is 334 g/mol. The molecule has 1 aromatic rings. The Hall–Kier alpha value is -2.90. The number of anilines is 1. The number of rotatable bonds is 5. The number of para-hydroxylation sites is 1. The van der Waals surface area contributed by atoms with Crippen molar-refractivity contribution in [3.05, 3.63) is 30.3 Å². The Morgan fingerprint density at radius 2 is 1.58 bits per heavy atom. The third-order valence-electron chi connectivity index (χ3n) is 2.62. The minimum absolute atomic E-state index is 0.0684. The van der Waals surface area contributed by atoms with E-state index in [0.29, 0.717) is 5.69 Å². The molecule has 130 valence electrons. The normalized spacial score (nSPS) is 12.8. The standard InChI is InChI=1S/C14H16N4O4.C2H6/c1-3-21-13(19)11-15-16-12(14(20)22-4-2)18(17-11)10-8-6-5-7-9-10;1-2/h5-9H,3-4H2,1-2H3,(H,15,17);1-2H3. The second-order valence-electron chi connectivity index (χ2n) is 4.10. The molecule has 0 aliphatic carbocycles. The van der Waals surface area contributed by atoms with E-state index in [0.717, 1.165) is 0 Å². The van der Waals surface area contributed by atoms with Crippen LogP contribution in [0, 0.1) is 0 Å². The molecule has 0 saturated heterocycles. The molecule has 0 fully saturated rings. The Bertz CT molecular complexity index is 614. The summed E-state index contributed by atoms with van der Waals surface area (Å²) in [6.45, 7) is 7.78. The SMILES string of the molecule is CC.CCOC(=O)C1=NN=C(C(=O)OCC)N(c2ccccc2)N1. The molecule has 0 radical (unpaired) electrons. The molecule has 0 bridgehead atoms. The number of carbonyl (C=O) groups is 2. The highest BCUT2D eigenvalue weighted by molar-refractivity contribution is 6.44. The first-order chi connectivity index (χ1) is 11.7. The molecule has 1 heterocycles. The molecule has 8 nitrogen and oxygen atoms in total. The summed E-state index contributed by atoms with van der Waals surface area (Å²) in [5.41, 5.74) is 3.32. The van der Waals surface area contributed by atoms with Crippen LogP contribution in [-0.4, -0.2) is 36.8 Å². The van der Waals surface area contributed by atoms with Crippen LogP contribution in [0.1, 0.15) is 27.7 Å². The van der Waals surface area contributed by atoms with Crippen molar-refractivity contribution in [3.8, 4) is 0 Å². The highest BCUT2D eigenvalue weighted by Crippen LogP contribution is 2.14. The van der Waals surface area contributed by atoms with Crippen LogP contribution in [0.3, 0.4) is 0 Å². The molecule has 8 heteroatoms. The van der Waals surface area contributed by atoms with Crippen molar-refractivity contribution in [2.24, 2.45) is 10.2 Å². The summed E-state index contributed by atoms with van der Waals surface area (Å²) in [5.74, 6) is -1.49. The molecule has 0 saturated carbocycles. The van der Waals surface area contributed by atoms with Crippen molar-refractivity contribution >= 4 is 29.3 Å². The number of amidine groups is 2. The highest BCUT2D eigenvalue weighted by atomic mass is 16.5. The lowest BCUT2D eigenvalue weighted by Crippen LogP contribution is -2.54. The van der Waals surface area contributed by atoms with Crippen LogP contribution in [0.25, 0.3) is 0 Å². The number of hydrogen-bond donors (Lipinski definition) is 1. The van der Waals surface area contributed by atoms with Gasteiger partial charge in [-0.15, -0.1) is 10.2 Å². The van der Waals surface area contributed by atoms with Crippen molar-refractivity contribution in [2.45, 2.75) is 27.7 Å². The number of benzene rings is 1. The van der Waals surface area contributed by atoms with Crippen molar-refractivity contribution in [2.75, 3.05) is 18.2 Å². The van der Waals surface area contributed by atoms with Gasteiger partial charge in [0.15, 0.2) is 0 Å². The van der Waals surface area contributed by atoms with Gasteiger partial charge in [-0.05, 0) is 26.0 Å². The lowest BCUT2D eigenvalue weighted by molar-refractivity contribution is -0.136. The van der Waals surface area contributed by atoms with Crippen LogP contribution in [0.2, 0.25) is 0 Å². The van der Waals surface area contributed by atoms with Crippen LogP contribution in [0.4, 0.5) is 5.69 Å². The maximum Gasteiger partial charge on any atom is 0.378 e. The Balaban J connectivity index is 0.00000139. The largest absolute Gasteiger partial charge is 0.460 e. The van der Waals surface area contributed by atoms with Crippen LogP contribution >= 0.6 is 0 Å². The van der Waals surface area contributed by atoms with Gasteiger partial charge in [-0.1, -0.05) is 32.0 Å². The number of carbonyl (C=O) groups excluding carboxylic acids is 2. The van der Waals surface area contributed by atoms with E-state index >= 15 is 0 Å². The van der Waals surface area contributed by atoms with E-state index in [1.165, 1.54) is 5.01 Å². The zero-order chi connectivity index (χ0) is 17.9. The summed E-state index contributed by atoms with van der Waals surface area (Å²) >= 11 is 0. The maximum absolute atomic E-state index is 12.0. The fraction of sp³-hybridized carbons (Fsp3) is 0.375. The molecule has 0 spiro atoms. The van der Waals surface area contributed by atoms with E-state index in [1.807, 2.05) is 19.9 Å². The van der Waals surface area contributed by atoms with Crippen molar-refractivity contribution in [3.63, 3.8) is 0 Å². The first-order valence-electron chi connectivity index (χ1n) is 7.79. The summed E-state index contributed by atoms with van der Waals surface area (Å²) in [5, 5.41) is 8.80. The third-order valence-corrected chi connectivity index (χ3v) is 2.62. The smallest absolute Gasteiger partial charge is 0.378 e. The Labute approximate surface area is 141 Å². The number of ether oxygens (including phenoxy) is 2. The predicted octanol–water partition coefficient (Wildman–Crippen LogP) is 1.88. The van der Waals surface area contributed by atoms with Crippen molar-refractivity contribution in [1.29, 1.82) is 0 Å². The number of nitrogens with zero attached hydrogens (tertiary/aromatic N) is 3. The van der Waals surface area contributed by atoms with E-state index in [-0.39, 0.29) is 24.9 Å². The quantitative estimate of drug-likeness (QED) is 0.827. The molecule has 1 aromatic carbocycles. The second-order valence-corrected chi connectivity index (χ2v) is 4.10. The van der Waals surface area contributed by atoms with Gasteiger partial charge in [-0.3, -0.25) is 5.43 Å². The molecule has 0 amide bonds. The van der Waals surface area contributed by atoms with Crippen molar-refractivity contribution < 1.29 is 19.1 Å². The summed E-state index contributed by atoms with van der Waals surface area (Å²) in [4.78, 5) is 23.7. The average Bonchev–Trinajstić information content (AvgIpc) is 2.64. The predicted molar refractivity (Wildman–Crippen MR) is 91.5 cm³/mol. The van der Waals surface area contributed by atoms with Gasteiger partial charge in [0.05, 0.1) is 18.9 Å². The minimum Gasteiger partial charge on any atom is -0.460 e. The van der Waals surface area contributed by atoms with Gasteiger partial charge in [0.25, 0.3) is 11.7 Å². The van der Waals surface area contributed by atoms with Gasteiger partial charge in [0.1, 0.15) is 0 Å². The zero-order valence-electron chi connectivity index (χ0n) is 14.3. The summed E-state index contributed by atoms with van der Waals surface area (Å²) in [6, 6.07) is 8.89. The Kier molecular flexibility index (Phi) is 7.97. The fourth-order valence-electron chi connectivity index (χ4n) is 1.70. The highest BCUT2D eigenvalue weighted by Gasteiger charge is 2.29. The maximum atomic E-state index is 12.0. The number of nitrogens with one attached hydrogen (secondary N) is 1. The van der Waals surface area contributed by atoms with E-state index < -0.39 is 11.9 Å². The Morgan fingerprint density at radius 3 is 2.17 bits per heavy atom. The molecule has 0 aromatic heterocycles. The van der Waals surface area contributed by atoms with Gasteiger partial charge >= 0.3 is 11.9 Å². The first kappa shape index (κ1) is 19.1. The third kappa shape index (κ3) is 4.80. The molecular formula is C16H22N4O4. The summed E-state index contributed by atoms with van der Waals surface area (Å²) in [6.07, 6.45) is 0. The molecule has 1 N–H and O–H groups in total. The van der Waals surface area contributed by atoms with Gasteiger partial charge in [0.2, 0.25) is 0 Å². The van der Waals surface area contributed by atoms with Gasteiger partial charge in [0, 0.05) is 0 Å². The molecule has 24 heavy (non-hydrogen) atoms. The van der Waals surface area contributed by atoms with E-state index in [2.05, 4.69) is 15.6 Å². The van der Waals surface area contributed by atoms with Gasteiger partial charge in [-0.25, -0.2) is 14.6 Å². The van der Waals surface area contributed by atoms with Gasteiger partial charge in [-0.2, -0.15) is 0 Å². The van der Waals surface area contributed by atoms with Crippen LogP contribution in [0.15, 0.2) is 40.5 Å². The van der Waals surface area contributed by atoms with E-state index in [1.54, 1.807) is 38.1 Å². The van der Waals surface area contributed by atoms with Crippen LogP contribution in [0.5, 0.6) is 0 Å². The molecular weight excluding hydrogens is 312 g/mol. The number of hydrazine groups is 1. The summed E-state index contributed by atoms with van der Waals surface area (Å²) < 4.78 is 9.80. The van der Waals surface area contributed by atoms with Crippen LogP contribution < -0.4 is 10.4 Å². The number of hydrogen-bond acceptors (Lipinski definition) is 8. The first-order valence-corrected chi connectivity index (χ1v) is 7.79. The topological polar surface area (TPSA) is 92.6 Å². The van der Waals surface area contributed by atoms with Gasteiger partial charge < -0.3 is 9.47 Å². The number of esters is 2. The Morgan fingerprint density at radius 1 is 1.00 bits per heavy atom. The fourth-order valence-corrected chi connectivity index (χ4v) is 1.70. The lowest BCUT2D eigenvalue weighted by atomic mass is 10.3. The molecule has 0 atom stereocenters. The monoisotopic (exact) mass is 334 g/mol. The summed E-state index contributed by atoms with van der Waals surface area (Å²) in [7, 11) is 0.